The molecule has 2 aromatic rings. The van der Waals surface area contributed by atoms with Crippen LogP contribution in [0.5, 0.6) is 0 Å². The summed E-state index contributed by atoms with van der Waals surface area (Å²) in [6.45, 7) is 0.398. The molecule has 0 radical (unpaired) electrons. The van der Waals surface area contributed by atoms with Crippen LogP contribution in [0.2, 0.25) is 5.02 Å². The minimum atomic E-state index is -0.699. The second kappa shape index (κ2) is 4.81. The number of aromatic nitrogens is 1. The first-order valence-corrected chi connectivity index (χ1v) is 5.23. The van der Waals surface area contributed by atoms with Crippen LogP contribution in [0.4, 0.5) is 8.78 Å². The molecule has 6 heteroatoms. The molecule has 17 heavy (non-hydrogen) atoms. The highest BCUT2D eigenvalue weighted by Gasteiger charge is 2.17. The Kier molecular flexibility index (Phi) is 3.40. The van der Waals surface area contributed by atoms with Gasteiger partial charge in [-0.1, -0.05) is 11.6 Å². The molecule has 1 N–H and O–H groups in total. The fraction of sp³-hybridized carbons (Fsp3) is 0.182. The number of nitrogens with one attached hydrogen (secondary N) is 1. The Morgan fingerprint density at radius 1 is 1.35 bits per heavy atom. The Bertz CT molecular complexity index is 542. The lowest BCUT2D eigenvalue weighted by molar-refractivity contribution is 0.555. The van der Waals surface area contributed by atoms with E-state index in [9.17, 15) is 8.78 Å². The number of oxazole rings is 1. The molecule has 90 valence electrons. The Hall–Kier alpha value is -1.46. The maximum absolute atomic E-state index is 13.7. The molecule has 1 aromatic carbocycles. The summed E-state index contributed by atoms with van der Waals surface area (Å²) in [5.41, 5.74) is 0.516. The largest absolute Gasteiger partial charge is 0.443 e. The predicted octanol–water partition coefficient (Wildman–Crippen LogP) is 2.99. The third kappa shape index (κ3) is 2.30. The summed E-state index contributed by atoms with van der Waals surface area (Å²) >= 11 is 5.47. The van der Waals surface area contributed by atoms with Crippen molar-refractivity contribution < 1.29 is 13.2 Å². The Labute approximate surface area is 101 Å². The van der Waals surface area contributed by atoms with Gasteiger partial charge in [-0.05, 0) is 19.2 Å². The van der Waals surface area contributed by atoms with E-state index in [4.69, 9.17) is 16.0 Å². The van der Waals surface area contributed by atoms with Crippen LogP contribution in [0.25, 0.3) is 11.3 Å². The molecule has 0 fully saturated rings. The molecular weight excluding hydrogens is 250 g/mol. The van der Waals surface area contributed by atoms with Crippen LogP contribution in [0.1, 0.15) is 5.69 Å². The Morgan fingerprint density at radius 3 is 2.82 bits per heavy atom. The molecule has 3 nitrogen and oxygen atoms in total. The van der Waals surface area contributed by atoms with Crippen LogP contribution >= 0.6 is 11.6 Å². The van der Waals surface area contributed by atoms with E-state index >= 15 is 0 Å². The van der Waals surface area contributed by atoms with Gasteiger partial charge in [-0.25, -0.2) is 13.8 Å². The minimum absolute atomic E-state index is 0.00894. The van der Waals surface area contributed by atoms with Crippen molar-refractivity contribution in [1.29, 1.82) is 0 Å². The van der Waals surface area contributed by atoms with Gasteiger partial charge in [0.15, 0.2) is 12.2 Å². The van der Waals surface area contributed by atoms with Gasteiger partial charge < -0.3 is 9.73 Å². The van der Waals surface area contributed by atoms with E-state index in [0.717, 1.165) is 12.1 Å². The van der Waals surface area contributed by atoms with Crippen LogP contribution in [-0.4, -0.2) is 12.0 Å². The molecule has 0 amide bonds. The number of rotatable bonds is 3. The van der Waals surface area contributed by atoms with Gasteiger partial charge in [0, 0.05) is 6.54 Å². The average Bonchev–Trinajstić information content (AvgIpc) is 2.72. The Balaban J connectivity index is 2.52. The van der Waals surface area contributed by atoms with Crippen molar-refractivity contribution in [3.05, 3.63) is 40.9 Å². The van der Waals surface area contributed by atoms with E-state index in [-0.39, 0.29) is 16.3 Å². The van der Waals surface area contributed by atoms with Gasteiger partial charge in [-0.15, -0.1) is 0 Å². The molecule has 0 saturated carbocycles. The molecule has 0 aliphatic rings. The van der Waals surface area contributed by atoms with Gasteiger partial charge in [-0.2, -0.15) is 0 Å². The minimum Gasteiger partial charge on any atom is -0.443 e. The first kappa shape index (κ1) is 12.0. The standard InChI is InChI=1S/C11H9ClF2N2O/c1-15-4-10-11(17-5-16-10)6-2-9(14)7(12)3-8(6)13/h2-3,5,15H,4H2,1H3. The summed E-state index contributed by atoms with van der Waals surface area (Å²) in [6.07, 6.45) is 1.19. The molecular formula is C11H9ClF2N2O. The van der Waals surface area contributed by atoms with Crippen molar-refractivity contribution in [3.8, 4) is 11.3 Å². The van der Waals surface area contributed by atoms with Crippen molar-refractivity contribution in [2.45, 2.75) is 6.54 Å². The lowest BCUT2D eigenvalue weighted by Crippen LogP contribution is -2.06. The molecule has 0 aliphatic carbocycles. The topological polar surface area (TPSA) is 38.1 Å². The molecule has 0 spiro atoms. The molecule has 1 heterocycles. The first-order chi connectivity index (χ1) is 8.13. The van der Waals surface area contributed by atoms with Crippen molar-refractivity contribution in [3.63, 3.8) is 0 Å². The van der Waals surface area contributed by atoms with Crippen molar-refractivity contribution >= 4 is 11.6 Å². The smallest absolute Gasteiger partial charge is 0.181 e. The second-order valence-electron chi connectivity index (χ2n) is 3.40. The first-order valence-electron chi connectivity index (χ1n) is 4.85. The molecule has 0 bridgehead atoms. The average molecular weight is 259 g/mol. The highest BCUT2D eigenvalue weighted by molar-refractivity contribution is 6.30. The number of hydrogen-bond donors (Lipinski definition) is 1. The highest BCUT2D eigenvalue weighted by atomic mass is 35.5. The van der Waals surface area contributed by atoms with Crippen LogP contribution in [-0.2, 0) is 6.54 Å². The van der Waals surface area contributed by atoms with Gasteiger partial charge in [0.1, 0.15) is 17.3 Å². The van der Waals surface area contributed by atoms with E-state index in [1.54, 1.807) is 7.05 Å². The molecule has 1 aromatic heterocycles. The van der Waals surface area contributed by atoms with Crippen LogP contribution in [0.3, 0.4) is 0 Å². The summed E-state index contributed by atoms with van der Waals surface area (Å²) in [5.74, 6) is -1.15. The van der Waals surface area contributed by atoms with Crippen molar-refractivity contribution in [1.82, 2.24) is 10.3 Å². The zero-order valence-electron chi connectivity index (χ0n) is 8.93. The second-order valence-corrected chi connectivity index (χ2v) is 3.81. The third-order valence-corrected chi connectivity index (χ3v) is 2.53. The summed E-state index contributed by atoms with van der Waals surface area (Å²) in [6, 6.07) is 1.91. The van der Waals surface area contributed by atoms with Gasteiger partial charge >= 0.3 is 0 Å². The lowest BCUT2D eigenvalue weighted by atomic mass is 10.1. The van der Waals surface area contributed by atoms with Gasteiger partial charge in [0.2, 0.25) is 0 Å². The van der Waals surface area contributed by atoms with Gasteiger partial charge in [-0.3, -0.25) is 0 Å². The van der Waals surface area contributed by atoms with E-state index < -0.39 is 11.6 Å². The summed E-state index contributed by atoms with van der Waals surface area (Å²) in [5, 5.41) is 2.60. The van der Waals surface area contributed by atoms with E-state index in [1.165, 1.54) is 6.39 Å². The van der Waals surface area contributed by atoms with Crippen LogP contribution in [0, 0.1) is 11.6 Å². The number of halogens is 3. The molecule has 0 unspecified atom stereocenters. The van der Waals surface area contributed by atoms with Crippen molar-refractivity contribution in [2.75, 3.05) is 7.05 Å². The maximum Gasteiger partial charge on any atom is 0.181 e. The summed E-state index contributed by atoms with van der Waals surface area (Å²) in [7, 11) is 1.72. The number of nitrogens with zero attached hydrogens (tertiary/aromatic N) is 1. The highest BCUT2D eigenvalue weighted by Crippen LogP contribution is 2.29. The quantitative estimate of drug-likeness (QED) is 0.860. The van der Waals surface area contributed by atoms with Crippen LogP contribution in [0.15, 0.2) is 22.9 Å². The Morgan fingerprint density at radius 2 is 2.12 bits per heavy atom. The molecule has 2 rings (SSSR count). The molecule has 0 saturated heterocycles. The lowest BCUT2D eigenvalue weighted by Gasteiger charge is -2.04. The number of hydrogen-bond acceptors (Lipinski definition) is 3. The van der Waals surface area contributed by atoms with Gasteiger partial charge in [0.25, 0.3) is 0 Å². The zero-order chi connectivity index (χ0) is 12.4. The van der Waals surface area contributed by atoms with E-state index in [1.807, 2.05) is 0 Å². The van der Waals surface area contributed by atoms with Crippen LogP contribution < -0.4 is 5.32 Å². The third-order valence-electron chi connectivity index (χ3n) is 2.24. The predicted molar refractivity (Wildman–Crippen MR) is 59.6 cm³/mol. The SMILES string of the molecule is CNCc1ncoc1-c1cc(F)c(Cl)cc1F. The zero-order valence-corrected chi connectivity index (χ0v) is 9.68. The molecule has 0 aliphatic heterocycles. The monoisotopic (exact) mass is 258 g/mol. The normalized spacial score (nSPS) is 10.8. The maximum atomic E-state index is 13.7. The summed E-state index contributed by atoms with van der Waals surface area (Å²) in [4.78, 5) is 3.92. The molecule has 0 atom stereocenters. The van der Waals surface area contributed by atoms with E-state index in [2.05, 4.69) is 10.3 Å². The fourth-order valence-electron chi connectivity index (χ4n) is 1.48. The summed E-state index contributed by atoms with van der Waals surface area (Å²) < 4.78 is 32.0. The van der Waals surface area contributed by atoms with Gasteiger partial charge in [0.05, 0.1) is 10.6 Å². The van der Waals surface area contributed by atoms with E-state index in [0.29, 0.717) is 12.2 Å². The fourth-order valence-corrected chi connectivity index (χ4v) is 1.63. The number of benzene rings is 1. The van der Waals surface area contributed by atoms with Crippen molar-refractivity contribution in [2.24, 2.45) is 0 Å².